The lowest BCUT2D eigenvalue weighted by Gasteiger charge is -2.21. The molecule has 100 heavy (non-hydrogen) atoms. The van der Waals surface area contributed by atoms with Crippen LogP contribution < -0.4 is 0 Å². The molecule has 3 N–H and O–H groups in total. The van der Waals surface area contributed by atoms with Crippen molar-refractivity contribution in [3.63, 3.8) is 0 Å². The van der Waals surface area contributed by atoms with E-state index in [4.69, 9.17) is 37.0 Å². The van der Waals surface area contributed by atoms with Gasteiger partial charge in [-0.3, -0.25) is 37.3 Å². The minimum absolute atomic E-state index is 0.105. The zero-order valence-corrected chi connectivity index (χ0v) is 67.3. The van der Waals surface area contributed by atoms with Crippen LogP contribution in [0.5, 0.6) is 0 Å². The van der Waals surface area contributed by atoms with Crippen molar-refractivity contribution < 1.29 is 80.2 Å². The van der Waals surface area contributed by atoms with Crippen molar-refractivity contribution in [2.24, 2.45) is 11.8 Å². The lowest BCUT2D eigenvalue weighted by Crippen LogP contribution is -2.30. The number of phosphoric acid groups is 2. The molecule has 0 aliphatic heterocycles. The summed E-state index contributed by atoms with van der Waals surface area (Å²) in [5.41, 5.74) is 0. The van der Waals surface area contributed by atoms with E-state index in [0.717, 1.165) is 102 Å². The molecule has 2 unspecified atom stereocenters. The molecule has 0 aliphatic rings. The molecule has 0 aromatic rings. The highest BCUT2D eigenvalue weighted by Gasteiger charge is 2.30. The van der Waals surface area contributed by atoms with Crippen LogP contribution in [0.1, 0.15) is 427 Å². The number of aliphatic hydroxyl groups is 1. The van der Waals surface area contributed by atoms with Gasteiger partial charge < -0.3 is 33.8 Å². The van der Waals surface area contributed by atoms with Gasteiger partial charge in [0.2, 0.25) is 0 Å². The first-order valence-corrected chi connectivity index (χ1v) is 45.0. The molecule has 0 spiro atoms. The van der Waals surface area contributed by atoms with Crippen LogP contribution in [-0.2, 0) is 65.4 Å². The Bertz CT molecular complexity index is 1920. The Morgan fingerprint density at radius 2 is 0.460 bits per heavy atom. The molecule has 0 saturated heterocycles. The number of esters is 4. The summed E-state index contributed by atoms with van der Waals surface area (Å²) >= 11 is 0. The van der Waals surface area contributed by atoms with E-state index in [1.807, 2.05) is 0 Å². The van der Waals surface area contributed by atoms with E-state index >= 15 is 0 Å². The fourth-order valence-corrected chi connectivity index (χ4v) is 14.1. The van der Waals surface area contributed by atoms with Crippen LogP contribution in [-0.4, -0.2) is 96.7 Å². The number of hydrogen-bond acceptors (Lipinski definition) is 15. The number of carbonyl (C=O) groups excluding carboxylic acids is 4. The average molecular weight is 1470 g/mol. The lowest BCUT2D eigenvalue weighted by molar-refractivity contribution is -0.161. The standard InChI is InChI=1S/C81H158O17P2/c1-7-9-11-13-15-17-19-21-23-24-25-26-27-28-29-31-33-35-40-46-53-59-65-80(85)97-76(69-91-78(83)63-57-51-45-39-34-32-30-22-20-18-16-14-12-10-8-2)71-95-99(87,88)93-67-75(82)68-94-100(89,90)96-72-77(70-92-79(84)64-58-52-48-42-44-50-56-62-74(5)6)98-81(86)66-60-54-47-41-37-36-38-43-49-55-61-73(3)4/h73-77,82H,7-72H2,1-6H3,(H,87,88)(H,89,90)/t75-,76-,77-/m1/s1. The predicted molar refractivity (Wildman–Crippen MR) is 409 cm³/mol. The Hall–Kier alpha value is -1.94. The molecule has 0 aliphatic carbocycles. The summed E-state index contributed by atoms with van der Waals surface area (Å²) in [7, 11) is -9.92. The van der Waals surface area contributed by atoms with E-state index in [1.54, 1.807) is 0 Å². The Balaban J connectivity index is 5.20. The highest BCUT2D eigenvalue weighted by molar-refractivity contribution is 7.47. The maximum absolute atomic E-state index is 13.1. The van der Waals surface area contributed by atoms with E-state index in [1.165, 1.54) is 238 Å². The third-order valence-electron chi connectivity index (χ3n) is 19.0. The van der Waals surface area contributed by atoms with Crippen LogP contribution in [0.3, 0.4) is 0 Å². The Labute approximate surface area is 613 Å². The molecule has 0 aromatic heterocycles. The average Bonchev–Trinajstić information content (AvgIpc) is 0.937. The first-order chi connectivity index (χ1) is 48.4. The second-order valence-corrected chi connectivity index (χ2v) is 33.0. The van der Waals surface area contributed by atoms with Gasteiger partial charge in [-0.15, -0.1) is 0 Å². The summed E-state index contributed by atoms with van der Waals surface area (Å²) in [6.07, 6.45) is 62.7. The summed E-state index contributed by atoms with van der Waals surface area (Å²) in [5.74, 6) is -0.654. The lowest BCUT2D eigenvalue weighted by atomic mass is 10.0. The van der Waals surface area contributed by atoms with Crippen LogP contribution in [0.4, 0.5) is 0 Å². The van der Waals surface area contributed by atoms with Crippen LogP contribution in [0.2, 0.25) is 0 Å². The van der Waals surface area contributed by atoms with E-state index in [0.29, 0.717) is 31.6 Å². The van der Waals surface area contributed by atoms with Crippen molar-refractivity contribution >= 4 is 39.5 Å². The summed E-state index contributed by atoms with van der Waals surface area (Å²) in [5, 5.41) is 10.6. The van der Waals surface area contributed by atoms with Crippen LogP contribution >= 0.6 is 15.6 Å². The van der Waals surface area contributed by atoms with Crippen molar-refractivity contribution in [3.05, 3.63) is 0 Å². The largest absolute Gasteiger partial charge is 0.472 e. The van der Waals surface area contributed by atoms with E-state index in [2.05, 4.69) is 41.5 Å². The second kappa shape index (κ2) is 72.6. The Morgan fingerprint density at radius 1 is 0.270 bits per heavy atom. The Kier molecular flexibility index (Phi) is 71.2. The molecule has 0 fully saturated rings. The van der Waals surface area contributed by atoms with Crippen molar-refractivity contribution in [3.8, 4) is 0 Å². The summed E-state index contributed by atoms with van der Waals surface area (Å²) in [6, 6.07) is 0. The van der Waals surface area contributed by atoms with Crippen molar-refractivity contribution in [1.82, 2.24) is 0 Å². The maximum Gasteiger partial charge on any atom is 0.472 e. The fraction of sp³-hybridized carbons (Fsp3) is 0.951. The zero-order valence-electron chi connectivity index (χ0n) is 65.5. The Morgan fingerprint density at radius 3 is 0.680 bits per heavy atom. The SMILES string of the molecule is CCCCCCCCCCCCCCCCCCCCCCCCC(=O)O[C@H](COC(=O)CCCCCCCCCCCCCCCCC)COP(=O)(O)OC[C@@H](O)COP(=O)(O)OC[C@@H](COC(=O)CCCCCCCCCC(C)C)OC(=O)CCCCCCCCCCCCC(C)C. The first-order valence-electron chi connectivity index (χ1n) is 42.0. The summed E-state index contributed by atoms with van der Waals surface area (Å²) in [4.78, 5) is 73.0. The molecule has 0 bridgehead atoms. The zero-order chi connectivity index (χ0) is 73.5. The smallest absolute Gasteiger partial charge is 0.462 e. The number of hydrogen-bond donors (Lipinski definition) is 3. The molecular formula is C81H158O17P2. The van der Waals surface area contributed by atoms with Gasteiger partial charge in [0.1, 0.15) is 19.3 Å². The van der Waals surface area contributed by atoms with E-state index in [-0.39, 0.29) is 25.7 Å². The summed E-state index contributed by atoms with van der Waals surface area (Å²) < 4.78 is 68.7. The molecule has 0 heterocycles. The van der Waals surface area contributed by atoms with Crippen molar-refractivity contribution in [1.29, 1.82) is 0 Å². The molecule has 17 nitrogen and oxygen atoms in total. The van der Waals surface area contributed by atoms with Gasteiger partial charge in [-0.05, 0) is 37.5 Å². The van der Waals surface area contributed by atoms with Crippen molar-refractivity contribution in [2.45, 2.75) is 445 Å². The van der Waals surface area contributed by atoms with Gasteiger partial charge in [0.25, 0.3) is 0 Å². The monoisotopic (exact) mass is 1470 g/mol. The fourth-order valence-electron chi connectivity index (χ4n) is 12.5. The third-order valence-corrected chi connectivity index (χ3v) is 20.9. The highest BCUT2D eigenvalue weighted by Crippen LogP contribution is 2.45. The molecule has 0 saturated carbocycles. The topological polar surface area (TPSA) is 237 Å². The number of ether oxygens (including phenoxy) is 4. The van der Waals surface area contributed by atoms with Gasteiger partial charge in [-0.25, -0.2) is 9.13 Å². The molecule has 0 radical (unpaired) electrons. The van der Waals surface area contributed by atoms with Gasteiger partial charge in [0.15, 0.2) is 12.2 Å². The van der Waals surface area contributed by atoms with Gasteiger partial charge in [-0.1, -0.05) is 375 Å². The number of aliphatic hydroxyl groups excluding tert-OH is 1. The molecule has 0 amide bonds. The molecule has 5 atom stereocenters. The minimum atomic E-state index is -4.96. The van der Waals surface area contributed by atoms with E-state index < -0.39 is 97.5 Å². The molecule has 0 aromatic carbocycles. The quantitative estimate of drug-likeness (QED) is 0.0222. The normalized spacial score (nSPS) is 13.9. The maximum atomic E-state index is 13.1. The van der Waals surface area contributed by atoms with Crippen molar-refractivity contribution in [2.75, 3.05) is 39.6 Å². The van der Waals surface area contributed by atoms with Gasteiger partial charge in [0.05, 0.1) is 26.4 Å². The number of carbonyl (C=O) groups is 4. The summed E-state index contributed by atoms with van der Waals surface area (Å²) in [6.45, 7) is 9.56. The van der Waals surface area contributed by atoms with Gasteiger partial charge in [0, 0.05) is 25.7 Å². The molecule has 0 rings (SSSR count). The minimum Gasteiger partial charge on any atom is -0.462 e. The molecule has 594 valence electrons. The second-order valence-electron chi connectivity index (χ2n) is 30.1. The highest BCUT2D eigenvalue weighted by atomic mass is 31.2. The van der Waals surface area contributed by atoms with Crippen LogP contribution in [0.25, 0.3) is 0 Å². The van der Waals surface area contributed by atoms with Crippen LogP contribution in [0.15, 0.2) is 0 Å². The first kappa shape index (κ1) is 98.1. The molecule has 19 heteroatoms. The van der Waals surface area contributed by atoms with Gasteiger partial charge >= 0.3 is 39.5 Å². The number of unbranched alkanes of at least 4 members (excludes halogenated alkanes) is 50. The third kappa shape index (κ3) is 74.3. The number of rotatable bonds is 80. The number of phosphoric ester groups is 2. The van der Waals surface area contributed by atoms with Crippen LogP contribution in [0, 0.1) is 11.8 Å². The van der Waals surface area contributed by atoms with E-state index in [9.17, 15) is 43.2 Å². The molecular weight excluding hydrogens is 1310 g/mol. The van der Waals surface area contributed by atoms with Gasteiger partial charge in [-0.2, -0.15) is 0 Å². The predicted octanol–water partition coefficient (Wildman–Crippen LogP) is 24.3.